The Hall–Kier alpha value is -3.40. The fraction of sp³-hybridized carbons (Fsp3) is 0.160. The number of pyridine rings is 1. The number of aromatic nitrogens is 2. The largest absolute Gasteiger partial charge is 0.487 e. The zero-order valence-corrected chi connectivity index (χ0v) is 20.6. The second kappa shape index (κ2) is 12.6. The van der Waals surface area contributed by atoms with Gasteiger partial charge in [-0.05, 0) is 42.0 Å². The van der Waals surface area contributed by atoms with Gasteiger partial charge in [0.2, 0.25) is 5.89 Å². The molecule has 2 heterocycles. The molecular weight excluding hydrogens is 529 g/mol. The van der Waals surface area contributed by atoms with Crippen LogP contribution in [0.25, 0.3) is 11.5 Å². The van der Waals surface area contributed by atoms with Crippen molar-refractivity contribution in [3.8, 4) is 17.2 Å². The van der Waals surface area contributed by atoms with Crippen LogP contribution in [0.2, 0.25) is 0 Å². The van der Waals surface area contributed by atoms with Crippen molar-refractivity contribution in [3.63, 3.8) is 0 Å². The van der Waals surface area contributed by atoms with Crippen LogP contribution in [-0.2, 0) is 19.7 Å². The van der Waals surface area contributed by atoms with Crippen molar-refractivity contribution in [1.82, 2.24) is 20.6 Å². The van der Waals surface area contributed by atoms with Crippen molar-refractivity contribution < 1.29 is 9.15 Å². The van der Waals surface area contributed by atoms with Gasteiger partial charge in [0.1, 0.15) is 18.6 Å². The minimum atomic E-state index is 0. The molecule has 4 rings (SSSR count). The second-order valence-corrected chi connectivity index (χ2v) is 7.04. The first-order valence-electron chi connectivity index (χ1n) is 10.4. The van der Waals surface area contributed by atoms with E-state index in [4.69, 9.17) is 9.15 Å². The molecule has 2 aromatic heterocycles. The number of nitrogens with zero attached hydrogens (tertiary/aromatic N) is 3. The first-order chi connectivity index (χ1) is 15.8. The molecule has 0 aliphatic rings. The van der Waals surface area contributed by atoms with E-state index in [-0.39, 0.29) is 24.0 Å². The predicted octanol–water partition coefficient (Wildman–Crippen LogP) is 4.80. The lowest BCUT2D eigenvalue weighted by Gasteiger charge is -2.11. The van der Waals surface area contributed by atoms with Crippen LogP contribution in [0, 0.1) is 0 Å². The molecule has 0 aliphatic heterocycles. The number of hydrogen-bond acceptors (Lipinski definition) is 5. The van der Waals surface area contributed by atoms with Crippen LogP contribution in [0.5, 0.6) is 5.75 Å². The lowest BCUT2D eigenvalue weighted by Crippen LogP contribution is -2.36. The van der Waals surface area contributed by atoms with Crippen LogP contribution >= 0.6 is 24.0 Å². The molecule has 2 N–H and O–H groups in total. The number of halogens is 1. The molecule has 0 fully saturated rings. The third-order valence-electron chi connectivity index (χ3n) is 4.73. The Morgan fingerprint density at radius 3 is 2.39 bits per heavy atom. The highest BCUT2D eigenvalue weighted by atomic mass is 127. The highest BCUT2D eigenvalue weighted by Crippen LogP contribution is 2.18. The molecule has 170 valence electrons. The van der Waals surface area contributed by atoms with Gasteiger partial charge in [-0.1, -0.05) is 36.4 Å². The molecule has 0 amide bonds. The Kier molecular flexibility index (Phi) is 9.25. The maximum absolute atomic E-state index is 5.78. The van der Waals surface area contributed by atoms with E-state index in [0.717, 1.165) is 28.3 Å². The summed E-state index contributed by atoms with van der Waals surface area (Å²) >= 11 is 0. The Morgan fingerprint density at radius 1 is 0.909 bits per heavy atom. The summed E-state index contributed by atoms with van der Waals surface area (Å²) in [5.74, 6) is 2.10. The summed E-state index contributed by atoms with van der Waals surface area (Å²) in [6.45, 7) is 1.59. The Morgan fingerprint density at radius 2 is 1.67 bits per heavy atom. The highest BCUT2D eigenvalue weighted by Gasteiger charge is 2.07. The molecule has 8 heteroatoms. The molecule has 7 nitrogen and oxygen atoms in total. The maximum Gasteiger partial charge on any atom is 0.226 e. The molecule has 0 aliphatic carbocycles. The molecule has 0 spiro atoms. The maximum atomic E-state index is 5.78. The molecule has 4 aromatic rings. The van der Waals surface area contributed by atoms with Crippen molar-refractivity contribution in [2.45, 2.75) is 19.7 Å². The normalized spacial score (nSPS) is 10.9. The Labute approximate surface area is 210 Å². The van der Waals surface area contributed by atoms with Crippen molar-refractivity contribution >= 4 is 29.9 Å². The summed E-state index contributed by atoms with van der Waals surface area (Å²) in [5, 5.41) is 6.56. The van der Waals surface area contributed by atoms with Gasteiger partial charge in [-0.2, -0.15) is 0 Å². The van der Waals surface area contributed by atoms with Crippen LogP contribution in [0.4, 0.5) is 0 Å². The van der Waals surface area contributed by atoms with Crippen molar-refractivity contribution in [2.24, 2.45) is 4.99 Å². The van der Waals surface area contributed by atoms with Gasteiger partial charge in [0.05, 0.1) is 17.9 Å². The van der Waals surface area contributed by atoms with E-state index in [2.05, 4.69) is 25.6 Å². The van der Waals surface area contributed by atoms with E-state index in [0.29, 0.717) is 31.5 Å². The van der Waals surface area contributed by atoms with Crippen molar-refractivity contribution in [3.05, 3.63) is 102 Å². The Bertz CT molecular complexity index is 1130. The fourth-order valence-corrected chi connectivity index (χ4v) is 3.03. The lowest BCUT2D eigenvalue weighted by molar-refractivity contribution is 0.301. The van der Waals surface area contributed by atoms with Gasteiger partial charge >= 0.3 is 0 Å². The van der Waals surface area contributed by atoms with Gasteiger partial charge in [-0.15, -0.1) is 24.0 Å². The number of nitrogens with one attached hydrogen (secondary N) is 2. The van der Waals surface area contributed by atoms with Crippen molar-refractivity contribution in [2.75, 3.05) is 7.05 Å². The molecule has 0 bridgehead atoms. The SMILES string of the molecule is CN=C(NCc1ccc(OCc2ccccn2)cc1)NCc1coc(-c2ccccc2)n1.I. The molecule has 0 unspecified atom stereocenters. The van der Waals surface area contributed by atoms with Crippen molar-refractivity contribution in [1.29, 1.82) is 0 Å². The highest BCUT2D eigenvalue weighted by molar-refractivity contribution is 14.0. The van der Waals surface area contributed by atoms with E-state index < -0.39 is 0 Å². The summed E-state index contributed by atoms with van der Waals surface area (Å²) in [6.07, 6.45) is 3.42. The standard InChI is InChI=1S/C25H25N5O2.HI/c1-26-25(29-16-22-18-32-24(30-22)20-7-3-2-4-8-20)28-15-19-10-12-23(13-11-19)31-17-21-9-5-6-14-27-21;/h2-14,18H,15-17H2,1H3,(H2,26,28,29);1H. The number of aliphatic imine (C=N–C) groups is 1. The van der Waals surface area contributed by atoms with Gasteiger partial charge in [-0.25, -0.2) is 4.98 Å². The molecule has 2 aromatic carbocycles. The number of rotatable bonds is 8. The van der Waals surface area contributed by atoms with E-state index >= 15 is 0 Å². The quantitative estimate of drug-likeness (QED) is 0.185. The van der Waals surface area contributed by atoms with Gasteiger partial charge in [0, 0.05) is 25.4 Å². The van der Waals surface area contributed by atoms with E-state index in [1.165, 1.54) is 0 Å². The summed E-state index contributed by atoms with van der Waals surface area (Å²) in [6, 6.07) is 23.6. The topological polar surface area (TPSA) is 84.6 Å². The van der Waals surface area contributed by atoms with E-state index in [9.17, 15) is 0 Å². The van der Waals surface area contributed by atoms with E-state index in [1.54, 1.807) is 19.5 Å². The predicted molar refractivity (Wildman–Crippen MR) is 139 cm³/mol. The van der Waals surface area contributed by atoms with Gasteiger partial charge in [-0.3, -0.25) is 9.98 Å². The summed E-state index contributed by atoms with van der Waals surface area (Å²) in [5.41, 5.74) is 3.77. The molecular formula is C25H26IN5O2. The summed E-state index contributed by atoms with van der Waals surface area (Å²) in [4.78, 5) is 13.1. The molecule has 33 heavy (non-hydrogen) atoms. The fourth-order valence-electron chi connectivity index (χ4n) is 3.03. The van der Waals surface area contributed by atoms with Crippen LogP contribution < -0.4 is 15.4 Å². The van der Waals surface area contributed by atoms with Crippen LogP contribution in [0.1, 0.15) is 17.0 Å². The number of oxazole rings is 1. The summed E-state index contributed by atoms with van der Waals surface area (Å²) < 4.78 is 11.4. The third kappa shape index (κ3) is 7.31. The number of guanidine groups is 1. The Balaban J connectivity index is 0.00000306. The first kappa shape index (κ1) is 24.2. The summed E-state index contributed by atoms with van der Waals surface area (Å²) in [7, 11) is 1.74. The number of hydrogen-bond donors (Lipinski definition) is 2. The molecule has 0 saturated heterocycles. The molecule has 0 saturated carbocycles. The van der Waals surface area contributed by atoms with Gasteiger partial charge in [0.15, 0.2) is 5.96 Å². The molecule has 0 atom stereocenters. The zero-order chi connectivity index (χ0) is 22.0. The zero-order valence-electron chi connectivity index (χ0n) is 18.3. The van der Waals surface area contributed by atoms with Crippen LogP contribution in [0.15, 0.2) is 94.7 Å². The minimum Gasteiger partial charge on any atom is -0.487 e. The lowest BCUT2D eigenvalue weighted by atomic mass is 10.2. The molecule has 0 radical (unpaired) electrons. The minimum absolute atomic E-state index is 0. The van der Waals surface area contributed by atoms with Crippen LogP contribution in [-0.4, -0.2) is 23.0 Å². The number of ether oxygens (including phenoxy) is 1. The smallest absolute Gasteiger partial charge is 0.226 e. The van der Waals surface area contributed by atoms with Gasteiger partial charge in [0.25, 0.3) is 0 Å². The second-order valence-electron chi connectivity index (χ2n) is 7.04. The first-order valence-corrected chi connectivity index (χ1v) is 10.4. The third-order valence-corrected chi connectivity index (χ3v) is 4.73. The number of benzene rings is 2. The van der Waals surface area contributed by atoms with Crippen LogP contribution in [0.3, 0.4) is 0 Å². The average molecular weight is 555 g/mol. The van der Waals surface area contributed by atoms with E-state index in [1.807, 2.05) is 72.8 Å². The average Bonchev–Trinajstić information content (AvgIpc) is 3.34. The van der Waals surface area contributed by atoms with Gasteiger partial charge < -0.3 is 19.8 Å². The monoisotopic (exact) mass is 555 g/mol.